The van der Waals surface area contributed by atoms with Gasteiger partial charge in [-0.25, -0.2) is 15.0 Å². The first-order chi connectivity index (χ1) is 9.81. The number of H-pyrrole nitrogens is 1. The van der Waals surface area contributed by atoms with Crippen LogP contribution in [0.5, 0.6) is 5.75 Å². The lowest BCUT2D eigenvalue weighted by Crippen LogP contribution is -1.92. The molecule has 0 aliphatic carbocycles. The Hall–Kier alpha value is -2.69. The maximum absolute atomic E-state index is 5.45. The number of nitrogens with one attached hydrogen (secondary N) is 1. The maximum atomic E-state index is 5.45. The zero-order valence-corrected chi connectivity index (χ0v) is 11.1. The molecule has 3 rings (SSSR count). The molecule has 20 heavy (non-hydrogen) atoms. The number of methoxy groups -OCH3 is 1. The average Bonchev–Trinajstić information content (AvgIpc) is 2.91. The zero-order chi connectivity index (χ0) is 13.9. The smallest absolute Gasteiger partial charge is 0.197 e. The highest BCUT2D eigenvalue weighted by Crippen LogP contribution is 2.29. The molecule has 0 aliphatic heterocycles. The van der Waals surface area contributed by atoms with Gasteiger partial charge in [0.2, 0.25) is 0 Å². The van der Waals surface area contributed by atoms with Crippen LogP contribution in [0.15, 0.2) is 43.2 Å². The van der Waals surface area contributed by atoms with Gasteiger partial charge in [-0.3, -0.25) is 0 Å². The van der Waals surface area contributed by atoms with Crippen molar-refractivity contribution in [3.05, 3.63) is 48.8 Å². The molecule has 0 bridgehead atoms. The highest BCUT2D eigenvalue weighted by molar-refractivity contribution is 5.74. The minimum absolute atomic E-state index is 0.597. The lowest BCUT2D eigenvalue weighted by atomic mass is 10.1. The van der Waals surface area contributed by atoms with E-state index in [2.05, 4.69) is 26.5 Å². The Kier molecular flexibility index (Phi) is 3.16. The molecule has 100 valence electrons. The molecule has 2 aromatic heterocycles. The van der Waals surface area contributed by atoms with E-state index in [4.69, 9.17) is 4.74 Å². The molecule has 0 saturated carbocycles. The molecule has 0 unspecified atom stereocenters. The number of aromatic nitrogens is 4. The SMILES string of the molecule is C=CCc1ccc(-c2nc3nccnc3[nH]2)c(OC)c1. The fraction of sp³-hybridized carbons (Fsp3) is 0.133. The number of hydrogen-bond donors (Lipinski definition) is 1. The van der Waals surface area contributed by atoms with E-state index in [0.717, 1.165) is 23.3 Å². The van der Waals surface area contributed by atoms with Crippen LogP contribution >= 0.6 is 0 Å². The lowest BCUT2D eigenvalue weighted by Gasteiger charge is -2.08. The largest absolute Gasteiger partial charge is 0.496 e. The van der Waals surface area contributed by atoms with Crippen molar-refractivity contribution in [2.45, 2.75) is 6.42 Å². The second-order valence-electron chi connectivity index (χ2n) is 4.34. The van der Waals surface area contributed by atoms with Gasteiger partial charge < -0.3 is 9.72 Å². The van der Waals surface area contributed by atoms with Gasteiger partial charge in [0.1, 0.15) is 11.6 Å². The second-order valence-corrected chi connectivity index (χ2v) is 4.34. The van der Waals surface area contributed by atoms with Crippen molar-refractivity contribution in [2.75, 3.05) is 7.11 Å². The predicted molar refractivity (Wildman–Crippen MR) is 77.6 cm³/mol. The number of ether oxygens (including phenoxy) is 1. The van der Waals surface area contributed by atoms with Gasteiger partial charge in [0.15, 0.2) is 11.3 Å². The number of allylic oxidation sites excluding steroid dienone is 1. The van der Waals surface area contributed by atoms with Crippen molar-refractivity contribution in [2.24, 2.45) is 0 Å². The van der Waals surface area contributed by atoms with Crippen LogP contribution in [-0.4, -0.2) is 27.0 Å². The number of fused-ring (bicyclic) bond motifs is 1. The Labute approximate surface area is 116 Å². The summed E-state index contributed by atoms with van der Waals surface area (Å²) in [6, 6.07) is 6.01. The third kappa shape index (κ3) is 2.14. The van der Waals surface area contributed by atoms with Crippen LogP contribution in [0.4, 0.5) is 0 Å². The van der Waals surface area contributed by atoms with E-state index in [1.54, 1.807) is 19.5 Å². The van der Waals surface area contributed by atoms with Crippen molar-refractivity contribution < 1.29 is 4.74 Å². The van der Waals surface area contributed by atoms with E-state index < -0.39 is 0 Å². The molecule has 0 fully saturated rings. The molecule has 0 saturated heterocycles. The molecule has 1 N–H and O–H groups in total. The summed E-state index contributed by atoms with van der Waals surface area (Å²) in [4.78, 5) is 16.0. The van der Waals surface area contributed by atoms with Crippen molar-refractivity contribution in [1.29, 1.82) is 0 Å². The molecular formula is C15H14N4O. The summed E-state index contributed by atoms with van der Waals surface area (Å²) in [6.07, 6.45) is 5.93. The summed E-state index contributed by atoms with van der Waals surface area (Å²) in [5, 5.41) is 0. The van der Waals surface area contributed by atoms with E-state index in [-0.39, 0.29) is 0 Å². The fourth-order valence-electron chi connectivity index (χ4n) is 2.10. The molecule has 3 aromatic rings. The predicted octanol–water partition coefficient (Wildman–Crippen LogP) is 2.76. The van der Waals surface area contributed by atoms with E-state index in [9.17, 15) is 0 Å². The molecule has 0 atom stereocenters. The summed E-state index contributed by atoms with van der Waals surface area (Å²) in [6.45, 7) is 3.75. The van der Waals surface area contributed by atoms with Crippen LogP contribution in [0.25, 0.3) is 22.7 Å². The normalized spacial score (nSPS) is 10.7. The first kappa shape index (κ1) is 12.3. The van der Waals surface area contributed by atoms with Gasteiger partial charge in [-0.2, -0.15) is 0 Å². The summed E-state index contributed by atoms with van der Waals surface area (Å²) in [5.74, 6) is 1.47. The van der Waals surface area contributed by atoms with Crippen molar-refractivity contribution in [1.82, 2.24) is 19.9 Å². The second kappa shape index (κ2) is 5.13. The maximum Gasteiger partial charge on any atom is 0.197 e. The number of hydrogen-bond acceptors (Lipinski definition) is 4. The molecule has 1 aromatic carbocycles. The summed E-state index contributed by atoms with van der Waals surface area (Å²) >= 11 is 0. The quantitative estimate of drug-likeness (QED) is 0.737. The van der Waals surface area contributed by atoms with Crippen molar-refractivity contribution in [3.63, 3.8) is 0 Å². The van der Waals surface area contributed by atoms with Crippen LogP contribution in [0.3, 0.4) is 0 Å². The Morgan fingerprint density at radius 1 is 1.30 bits per heavy atom. The van der Waals surface area contributed by atoms with E-state index in [1.165, 1.54) is 0 Å². The summed E-state index contributed by atoms with van der Waals surface area (Å²) in [5.41, 5.74) is 3.30. The first-order valence-corrected chi connectivity index (χ1v) is 6.26. The van der Waals surface area contributed by atoms with Crippen LogP contribution in [-0.2, 0) is 6.42 Å². The van der Waals surface area contributed by atoms with Gasteiger partial charge in [-0.1, -0.05) is 12.1 Å². The molecule has 2 heterocycles. The van der Waals surface area contributed by atoms with Gasteiger partial charge >= 0.3 is 0 Å². The Bertz CT molecular complexity index is 730. The van der Waals surface area contributed by atoms with Crippen LogP contribution in [0, 0.1) is 0 Å². The molecular weight excluding hydrogens is 252 g/mol. The number of imidazole rings is 1. The van der Waals surface area contributed by atoms with Crippen LogP contribution in [0.1, 0.15) is 5.56 Å². The first-order valence-electron chi connectivity index (χ1n) is 6.26. The topological polar surface area (TPSA) is 63.7 Å². The van der Waals surface area contributed by atoms with Crippen molar-refractivity contribution in [3.8, 4) is 17.1 Å². The van der Waals surface area contributed by atoms with Crippen LogP contribution in [0.2, 0.25) is 0 Å². The number of benzene rings is 1. The third-order valence-corrected chi connectivity index (χ3v) is 3.03. The Morgan fingerprint density at radius 2 is 2.15 bits per heavy atom. The lowest BCUT2D eigenvalue weighted by molar-refractivity contribution is 0.416. The third-order valence-electron chi connectivity index (χ3n) is 3.03. The van der Waals surface area contributed by atoms with Gasteiger partial charge in [0.25, 0.3) is 0 Å². The standard InChI is InChI=1S/C15H14N4O/c1-3-4-10-5-6-11(12(9-10)20-2)13-18-14-15(19-13)17-8-7-16-14/h3,5-9H,1,4H2,2H3,(H,16,17,18,19). The highest BCUT2D eigenvalue weighted by atomic mass is 16.5. The molecule has 5 nitrogen and oxygen atoms in total. The Balaban J connectivity index is 2.10. The fourth-order valence-corrected chi connectivity index (χ4v) is 2.10. The zero-order valence-electron chi connectivity index (χ0n) is 11.1. The molecule has 0 spiro atoms. The number of nitrogens with zero attached hydrogens (tertiary/aromatic N) is 3. The van der Waals surface area contributed by atoms with Gasteiger partial charge in [-0.05, 0) is 24.1 Å². The van der Waals surface area contributed by atoms with E-state index in [0.29, 0.717) is 17.1 Å². The minimum atomic E-state index is 0.597. The molecule has 0 aliphatic rings. The number of aromatic amines is 1. The van der Waals surface area contributed by atoms with E-state index in [1.807, 2.05) is 24.3 Å². The average molecular weight is 266 g/mol. The van der Waals surface area contributed by atoms with Gasteiger partial charge in [0.05, 0.1) is 12.7 Å². The molecule has 0 amide bonds. The number of rotatable bonds is 4. The van der Waals surface area contributed by atoms with Crippen LogP contribution < -0.4 is 4.74 Å². The van der Waals surface area contributed by atoms with Gasteiger partial charge in [-0.15, -0.1) is 6.58 Å². The highest BCUT2D eigenvalue weighted by Gasteiger charge is 2.12. The minimum Gasteiger partial charge on any atom is -0.496 e. The van der Waals surface area contributed by atoms with Gasteiger partial charge in [0, 0.05) is 12.4 Å². The Morgan fingerprint density at radius 3 is 2.90 bits per heavy atom. The van der Waals surface area contributed by atoms with Crippen molar-refractivity contribution >= 4 is 11.3 Å². The van der Waals surface area contributed by atoms with E-state index >= 15 is 0 Å². The molecule has 5 heteroatoms. The summed E-state index contributed by atoms with van der Waals surface area (Å²) in [7, 11) is 1.65. The monoisotopic (exact) mass is 266 g/mol. The molecule has 0 radical (unpaired) electrons. The summed E-state index contributed by atoms with van der Waals surface area (Å²) < 4.78 is 5.45.